The summed E-state index contributed by atoms with van der Waals surface area (Å²) in [5.41, 5.74) is -0.383. The molecule has 0 saturated carbocycles. The van der Waals surface area contributed by atoms with Crippen LogP contribution in [0.5, 0.6) is 0 Å². The Labute approximate surface area is 128 Å². The second kappa shape index (κ2) is 6.15. The second-order valence-corrected chi connectivity index (χ2v) is 5.54. The topological polar surface area (TPSA) is 12.0 Å². The molecule has 1 unspecified atom stereocenters. The molecule has 21 heavy (non-hydrogen) atoms. The Kier molecular flexibility index (Phi) is 4.68. The summed E-state index contributed by atoms with van der Waals surface area (Å²) in [7, 11) is 1.42. The van der Waals surface area contributed by atoms with E-state index in [0.29, 0.717) is 0 Å². The molecule has 0 aliphatic heterocycles. The lowest BCUT2D eigenvalue weighted by atomic mass is 9.96. The van der Waals surface area contributed by atoms with Crippen molar-refractivity contribution in [2.75, 3.05) is 7.05 Å². The van der Waals surface area contributed by atoms with Gasteiger partial charge < -0.3 is 5.32 Å². The number of aryl methyl sites for hydroxylation is 1. The molecule has 0 heterocycles. The first kappa shape index (κ1) is 16.0. The first-order valence-electron chi connectivity index (χ1n) is 6.12. The van der Waals surface area contributed by atoms with Gasteiger partial charge in [0.2, 0.25) is 0 Å². The van der Waals surface area contributed by atoms with Gasteiger partial charge in [-0.15, -0.1) is 0 Å². The van der Waals surface area contributed by atoms with Crippen LogP contribution in [0.2, 0.25) is 0 Å². The van der Waals surface area contributed by atoms with Gasteiger partial charge in [0, 0.05) is 15.6 Å². The van der Waals surface area contributed by atoms with E-state index in [4.69, 9.17) is 0 Å². The SMILES string of the molecule is CNC(c1cc(F)c(C)cc1F)c1c(F)cc(Br)cc1F. The Morgan fingerprint density at radius 2 is 1.48 bits per heavy atom. The summed E-state index contributed by atoms with van der Waals surface area (Å²) in [4.78, 5) is 0. The molecule has 1 atom stereocenters. The summed E-state index contributed by atoms with van der Waals surface area (Å²) in [6, 6.07) is 2.97. The molecule has 2 aromatic carbocycles. The highest BCUT2D eigenvalue weighted by Crippen LogP contribution is 2.31. The van der Waals surface area contributed by atoms with Gasteiger partial charge in [0.15, 0.2) is 0 Å². The van der Waals surface area contributed by atoms with Gasteiger partial charge in [-0.1, -0.05) is 15.9 Å². The molecule has 0 aromatic heterocycles. The zero-order valence-corrected chi connectivity index (χ0v) is 12.9. The van der Waals surface area contributed by atoms with Gasteiger partial charge in [-0.2, -0.15) is 0 Å². The quantitative estimate of drug-likeness (QED) is 0.786. The molecule has 2 aromatic rings. The van der Waals surface area contributed by atoms with Crippen LogP contribution in [0.25, 0.3) is 0 Å². The van der Waals surface area contributed by atoms with Gasteiger partial charge in [-0.05, 0) is 43.8 Å². The number of halogens is 5. The summed E-state index contributed by atoms with van der Waals surface area (Å²) < 4.78 is 55.9. The molecule has 6 heteroatoms. The highest BCUT2D eigenvalue weighted by atomic mass is 79.9. The van der Waals surface area contributed by atoms with Crippen molar-refractivity contribution >= 4 is 15.9 Å². The fourth-order valence-electron chi connectivity index (χ4n) is 2.17. The van der Waals surface area contributed by atoms with Crippen molar-refractivity contribution < 1.29 is 17.6 Å². The highest BCUT2D eigenvalue weighted by molar-refractivity contribution is 9.10. The molecule has 0 saturated heterocycles. The van der Waals surface area contributed by atoms with Crippen LogP contribution in [-0.2, 0) is 0 Å². The Bertz CT molecular complexity index is 665. The van der Waals surface area contributed by atoms with Crippen molar-refractivity contribution in [1.82, 2.24) is 5.32 Å². The Hall–Kier alpha value is -1.40. The molecule has 0 amide bonds. The molecule has 0 bridgehead atoms. The van der Waals surface area contributed by atoms with Crippen molar-refractivity contribution in [3.05, 3.63) is 68.7 Å². The number of nitrogens with one attached hydrogen (secondary N) is 1. The standard InChI is InChI=1S/C15H12BrF4N/c1-7-3-11(18)9(6-10(7)17)15(21-2)14-12(19)4-8(16)5-13(14)20/h3-6,15,21H,1-2H3. The summed E-state index contributed by atoms with van der Waals surface area (Å²) in [6.07, 6.45) is 0. The van der Waals surface area contributed by atoms with Crippen LogP contribution in [0.4, 0.5) is 17.6 Å². The molecule has 0 aliphatic rings. The molecule has 0 fully saturated rings. The predicted molar refractivity (Wildman–Crippen MR) is 76.1 cm³/mol. The normalized spacial score (nSPS) is 12.5. The lowest BCUT2D eigenvalue weighted by Crippen LogP contribution is -2.22. The molecule has 2 rings (SSSR count). The Morgan fingerprint density at radius 1 is 0.905 bits per heavy atom. The predicted octanol–water partition coefficient (Wildman–Crippen LogP) is 4.62. The third-order valence-electron chi connectivity index (χ3n) is 3.21. The second-order valence-electron chi connectivity index (χ2n) is 4.63. The van der Waals surface area contributed by atoms with Gasteiger partial charge in [-0.3, -0.25) is 0 Å². The van der Waals surface area contributed by atoms with Crippen molar-refractivity contribution in [1.29, 1.82) is 0 Å². The maximum Gasteiger partial charge on any atom is 0.132 e. The van der Waals surface area contributed by atoms with E-state index in [1.807, 2.05) is 0 Å². The largest absolute Gasteiger partial charge is 0.309 e. The molecule has 1 nitrogen and oxygen atoms in total. The summed E-state index contributed by atoms with van der Waals surface area (Å²) in [6.45, 7) is 1.41. The first-order valence-corrected chi connectivity index (χ1v) is 6.91. The average Bonchev–Trinajstić information content (AvgIpc) is 2.38. The van der Waals surface area contributed by atoms with Crippen molar-refractivity contribution in [3.63, 3.8) is 0 Å². The Morgan fingerprint density at radius 3 is 2.00 bits per heavy atom. The average molecular weight is 362 g/mol. The van der Waals surface area contributed by atoms with E-state index < -0.39 is 29.3 Å². The minimum Gasteiger partial charge on any atom is -0.309 e. The maximum atomic E-state index is 14.0. The Balaban J connectivity index is 2.63. The van der Waals surface area contributed by atoms with Crippen molar-refractivity contribution in [2.24, 2.45) is 0 Å². The smallest absolute Gasteiger partial charge is 0.132 e. The molecule has 1 N–H and O–H groups in total. The van der Waals surface area contributed by atoms with Crippen molar-refractivity contribution in [2.45, 2.75) is 13.0 Å². The van der Waals surface area contributed by atoms with E-state index in [-0.39, 0.29) is 21.2 Å². The number of hydrogen-bond acceptors (Lipinski definition) is 1. The van der Waals surface area contributed by atoms with Crippen LogP contribution in [0.1, 0.15) is 22.7 Å². The molecule has 112 valence electrons. The fraction of sp³-hybridized carbons (Fsp3) is 0.200. The minimum absolute atomic E-state index is 0.128. The molecule has 0 spiro atoms. The number of benzene rings is 2. The van der Waals surface area contributed by atoms with Gasteiger partial charge in [0.05, 0.1) is 6.04 Å². The molecule has 0 radical (unpaired) electrons. The molecule has 0 aliphatic carbocycles. The van der Waals surface area contributed by atoms with E-state index in [1.165, 1.54) is 14.0 Å². The lowest BCUT2D eigenvalue weighted by molar-refractivity contribution is 0.502. The van der Waals surface area contributed by atoms with E-state index in [0.717, 1.165) is 24.3 Å². The van der Waals surface area contributed by atoms with Crippen LogP contribution in [0, 0.1) is 30.2 Å². The van der Waals surface area contributed by atoms with Crippen LogP contribution in [-0.4, -0.2) is 7.05 Å². The summed E-state index contributed by atoms with van der Waals surface area (Å²) >= 11 is 2.98. The summed E-state index contributed by atoms with van der Waals surface area (Å²) in [5.74, 6) is -3.05. The van der Waals surface area contributed by atoms with E-state index in [1.54, 1.807) is 0 Å². The number of rotatable bonds is 3. The molecular weight excluding hydrogens is 350 g/mol. The zero-order chi connectivity index (χ0) is 15.7. The van der Waals surface area contributed by atoms with E-state index in [9.17, 15) is 17.6 Å². The van der Waals surface area contributed by atoms with E-state index in [2.05, 4.69) is 21.2 Å². The van der Waals surface area contributed by atoms with E-state index >= 15 is 0 Å². The van der Waals surface area contributed by atoms with Crippen LogP contribution < -0.4 is 5.32 Å². The monoisotopic (exact) mass is 361 g/mol. The fourth-order valence-corrected chi connectivity index (χ4v) is 2.57. The summed E-state index contributed by atoms with van der Waals surface area (Å²) in [5, 5.41) is 2.62. The van der Waals surface area contributed by atoms with Gasteiger partial charge in [0.25, 0.3) is 0 Å². The first-order chi connectivity index (χ1) is 9.85. The minimum atomic E-state index is -1.13. The van der Waals surface area contributed by atoms with Gasteiger partial charge in [0.1, 0.15) is 23.3 Å². The third kappa shape index (κ3) is 3.11. The third-order valence-corrected chi connectivity index (χ3v) is 3.67. The lowest BCUT2D eigenvalue weighted by Gasteiger charge is -2.20. The van der Waals surface area contributed by atoms with Gasteiger partial charge in [-0.25, -0.2) is 17.6 Å². The van der Waals surface area contributed by atoms with Crippen LogP contribution in [0.15, 0.2) is 28.7 Å². The van der Waals surface area contributed by atoms with Crippen LogP contribution in [0.3, 0.4) is 0 Å². The van der Waals surface area contributed by atoms with Crippen LogP contribution >= 0.6 is 15.9 Å². The van der Waals surface area contributed by atoms with Crippen molar-refractivity contribution in [3.8, 4) is 0 Å². The van der Waals surface area contributed by atoms with Gasteiger partial charge >= 0.3 is 0 Å². The maximum absolute atomic E-state index is 14.0. The molecular formula is C15H12BrF4N. The highest BCUT2D eigenvalue weighted by Gasteiger charge is 2.24. The zero-order valence-electron chi connectivity index (χ0n) is 11.3. The number of hydrogen-bond donors (Lipinski definition) is 1.